The van der Waals surface area contributed by atoms with Gasteiger partial charge < -0.3 is 34.9 Å². The van der Waals surface area contributed by atoms with Crippen molar-refractivity contribution in [1.29, 1.82) is 0 Å². The van der Waals surface area contributed by atoms with Gasteiger partial charge in [-0.15, -0.1) is 23.1 Å². The summed E-state index contributed by atoms with van der Waals surface area (Å²) in [7, 11) is 4.49. The number of carbonyl (C=O) groups is 4. The Labute approximate surface area is 346 Å². The molecular formula is C45H45N3O8S2. The van der Waals surface area contributed by atoms with Gasteiger partial charge in [-0.25, -0.2) is 4.79 Å². The summed E-state index contributed by atoms with van der Waals surface area (Å²) < 4.78 is 22.0. The zero-order chi connectivity index (χ0) is 41.0. The fraction of sp³-hybridized carbons (Fsp3) is 0.244. The van der Waals surface area contributed by atoms with Gasteiger partial charge in [0.15, 0.2) is 11.5 Å². The molecule has 1 heterocycles. The molecule has 6 rings (SSSR count). The van der Waals surface area contributed by atoms with E-state index >= 15 is 0 Å². The number of hydrogen-bond donors (Lipinski definition) is 3. The third-order valence-corrected chi connectivity index (χ3v) is 11.8. The third kappa shape index (κ3) is 10.1. The van der Waals surface area contributed by atoms with Crippen molar-refractivity contribution in [2.45, 2.75) is 49.2 Å². The predicted molar refractivity (Wildman–Crippen MR) is 228 cm³/mol. The van der Waals surface area contributed by atoms with E-state index in [1.54, 1.807) is 67.6 Å². The number of esters is 1. The maximum absolute atomic E-state index is 14.3. The number of carbonyl (C=O) groups excluding carboxylic acids is 4. The predicted octanol–water partition coefficient (Wildman–Crippen LogP) is 9.10. The number of thioether (sulfide) groups is 1. The minimum atomic E-state index is -0.720. The van der Waals surface area contributed by atoms with E-state index in [9.17, 15) is 19.2 Å². The van der Waals surface area contributed by atoms with Crippen molar-refractivity contribution in [3.05, 3.63) is 135 Å². The van der Waals surface area contributed by atoms with Gasteiger partial charge in [-0.2, -0.15) is 0 Å². The van der Waals surface area contributed by atoms with Gasteiger partial charge in [0, 0.05) is 32.7 Å². The Morgan fingerprint density at radius 1 is 0.776 bits per heavy atom. The number of thiophene rings is 1. The SMILES string of the molecule is CCOC(=O)c1c(NC(=O)C(Sc2cccc(NC(=O)/C(=C\c3cc(OC)c(OC)cc3OC)NC(=O)c3ccccc3)c2)c2ccccc2)sc2c1CCCCC2. The van der Waals surface area contributed by atoms with Crippen molar-refractivity contribution in [3.63, 3.8) is 0 Å². The number of aryl methyl sites for hydroxylation is 1. The summed E-state index contributed by atoms with van der Waals surface area (Å²) in [5, 5.41) is 8.55. The molecule has 0 aliphatic heterocycles. The van der Waals surface area contributed by atoms with Crippen molar-refractivity contribution in [1.82, 2.24) is 5.32 Å². The monoisotopic (exact) mass is 819 g/mol. The topological polar surface area (TPSA) is 141 Å². The van der Waals surface area contributed by atoms with Crippen LogP contribution in [0.5, 0.6) is 17.2 Å². The molecule has 11 nitrogen and oxygen atoms in total. The molecule has 1 aliphatic rings. The quantitative estimate of drug-likeness (QED) is 0.0408. The lowest BCUT2D eigenvalue weighted by Crippen LogP contribution is -2.30. The lowest BCUT2D eigenvalue weighted by atomic mass is 10.1. The van der Waals surface area contributed by atoms with E-state index < -0.39 is 23.0 Å². The molecule has 0 fully saturated rings. The standard InChI is InChI=1S/C45H45N3O8S2/c1-5-56-45(52)39-33-22-13-8-14-23-38(33)58-44(39)48-43(51)40(28-16-9-6-10-17-28)57-32-21-15-20-31(26-32)46-42(50)34(47-41(49)29-18-11-7-12-19-29)24-30-25-36(54-3)37(55-4)27-35(30)53-2/h6-7,9-12,15-21,24-27,40H,5,8,13-14,22-23H2,1-4H3,(H,46,50)(H,47,49)(H,48,51)/b34-24+. The molecule has 0 spiro atoms. The average molecular weight is 820 g/mol. The van der Waals surface area contributed by atoms with Crippen molar-refractivity contribution in [2.75, 3.05) is 38.6 Å². The van der Waals surface area contributed by atoms with E-state index in [1.807, 2.05) is 36.4 Å². The van der Waals surface area contributed by atoms with Crippen molar-refractivity contribution < 1.29 is 38.1 Å². The van der Waals surface area contributed by atoms with Gasteiger partial charge >= 0.3 is 5.97 Å². The summed E-state index contributed by atoms with van der Waals surface area (Å²) in [4.78, 5) is 56.8. The fourth-order valence-electron chi connectivity index (χ4n) is 6.57. The zero-order valence-electron chi connectivity index (χ0n) is 32.7. The first-order chi connectivity index (χ1) is 28.2. The lowest BCUT2D eigenvalue weighted by Gasteiger charge is -2.18. The van der Waals surface area contributed by atoms with Crippen LogP contribution in [0.2, 0.25) is 0 Å². The molecule has 13 heteroatoms. The minimum Gasteiger partial charge on any atom is -0.496 e. The third-order valence-electron chi connectivity index (χ3n) is 9.39. The van der Waals surface area contributed by atoms with Gasteiger partial charge in [0.2, 0.25) is 5.91 Å². The second kappa shape index (κ2) is 19.9. The number of methoxy groups -OCH3 is 3. The molecule has 0 radical (unpaired) electrons. The van der Waals surface area contributed by atoms with Crippen LogP contribution in [0.15, 0.2) is 108 Å². The highest BCUT2D eigenvalue weighted by molar-refractivity contribution is 8.00. The summed E-state index contributed by atoms with van der Waals surface area (Å²) in [6, 6.07) is 28.3. The Morgan fingerprint density at radius 2 is 1.47 bits per heavy atom. The number of anilines is 2. The number of amides is 3. The number of benzene rings is 4. The number of nitrogens with one attached hydrogen (secondary N) is 3. The van der Waals surface area contributed by atoms with Crippen molar-refractivity contribution >= 4 is 63.6 Å². The van der Waals surface area contributed by atoms with E-state index in [2.05, 4.69) is 16.0 Å². The van der Waals surface area contributed by atoms with E-state index in [1.165, 1.54) is 50.5 Å². The Hall–Kier alpha value is -6.05. The molecule has 300 valence electrons. The normalized spacial score (nSPS) is 12.9. The van der Waals surface area contributed by atoms with Crippen LogP contribution < -0.4 is 30.2 Å². The highest BCUT2D eigenvalue weighted by atomic mass is 32.2. The first kappa shape index (κ1) is 41.6. The molecule has 58 heavy (non-hydrogen) atoms. The van der Waals surface area contributed by atoms with Gasteiger partial charge in [-0.1, -0.05) is 61.0 Å². The molecular weight excluding hydrogens is 775 g/mol. The van der Waals surface area contributed by atoms with Crippen molar-refractivity contribution in [3.8, 4) is 17.2 Å². The summed E-state index contributed by atoms with van der Waals surface area (Å²) in [5.41, 5.74) is 3.35. The highest BCUT2D eigenvalue weighted by Crippen LogP contribution is 2.42. The minimum absolute atomic E-state index is 0.0641. The van der Waals surface area contributed by atoms with Gasteiger partial charge in [0.1, 0.15) is 21.7 Å². The van der Waals surface area contributed by atoms with Crippen LogP contribution in [0.3, 0.4) is 0 Å². The second-order valence-electron chi connectivity index (χ2n) is 13.2. The van der Waals surface area contributed by atoms with Crippen LogP contribution in [0.4, 0.5) is 10.7 Å². The Morgan fingerprint density at radius 3 is 2.17 bits per heavy atom. The Bertz CT molecular complexity index is 2290. The summed E-state index contributed by atoms with van der Waals surface area (Å²) >= 11 is 2.75. The van der Waals surface area contributed by atoms with E-state index in [0.717, 1.165) is 48.1 Å². The van der Waals surface area contributed by atoms with Gasteiger partial charge in [0.05, 0.1) is 33.5 Å². The molecule has 3 amide bonds. The van der Waals surface area contributed by atoms with E-state index in [4.69, 9.17) is 18.9 Å². The summed E-state index contributed by atoms with van der Waals surface area (Å²) in [6.45, 7) is 2.00. The van der Waals surface area contributed by atoms with Crippen LogP contribution >= 0.6 is 23.1 Å². The highest BCUT2D eigenvalue weighted by Gasteiger charge is 2.30. The number of rotatable bonds is 15. The molecule has 0 saturated heterocycles. The summed E-state index contributed by atoms with van der Waals surface area (Å²) in [5.74, 6) is -0.616. The van der Waals surface area contributed by atoms with Crippen LogP contribution in [0.1, 0.15) is 73.7 Å². The molecule has 1 unspecified atom stereocenters. The largest absolute Gasteiger partial charge is 0.496 e. The number of hydrogen-bond acceptors (Lipinski definition) is 10. The maximum Gasteiger partial charge on any atom is 0.341 e. The zero-order valence-corrected chi connectivity index (χ0v) is 34.4. The van der Waals surface area contributed by atoms with Crippen LogP contribution in [0, 0.1) is 0 Å². The first-order valence-corrected chi connectivity index (χ1v) is 20.6. The molecule has 4 aromatic carbocycles. The Balaban J connectivity index is 1.29. The molecule has 1 aliphatic carbocycles. The molecule has 5 aromatic rings. The van der Waals surface area contributed by atoms with Gasteiger partial charge in [-0.05, 0) is 86.2 Å². The molecule has 1 aromatic heterocycles. The smallest absolute Gasteiger partial charge is 0.341 e. The van der Waals surface area contributed by atoms with Gasteiger partial charge in [-0.3, -0.25) is 14.4 Å². The summed E-state index contributed by atoms with van der Waals surface area (Å²) in [6.07, 6.45) is 6.20. The average Bonchev–Trinajstić information content (AvgIpc) is 3.42. The molecule has 3 N–H and O–H groups in total. The number of ether oxygens (including phenoxy) is 4. The van der Waals surface area contributed by atoms with Crippen LogP contribution in [0.25, 0.3) is 6.08 Å². The molecule has 0 saturated carbocycles. The molecule has 0 bridgehead atoms. The van der Waals surface area contributed by atoms with Crippen molar-refractivity contribution in [2.24, 2.45) is 0 Å². The first-order valence-electron chi connectivity index (χ1n) is 18.9. The lowest BCUT2D eigenvalue weighted by molar-refractivity contribution is -0.116. The number of fused-ring (bicyclic) bond motifs is 1. The van der Waals surface area contributed by atoms with Crippen LogP contribution in [-0.2, 0) is 27.2 Å². The van der Waals surface area contributed by atoms with E-state index in [-0.39, 0.29) is 18.2 Å². The second-order valence-corrected chi connectivity index (χ2v) is 15.5. The maximum atomic E-state index is 14.3. The molecule has 1 atom stereocenters. The van der Waals surface area contributed by atoms with Crippen LogP contribution in [-0.4, -0.2) is 51.6 Å². The van der Waals surface area contributed by atoms with E-state index in [0.29, 0.717) is 49.5 Å². The fourth-order valence-corrected chi connectivity index (χ4v) is 8.94. The Kier molecular flexibility index (Phi) is 14.3. The van der Waals surface area contributed by atoms with Gasteiger partial charge in [0.25, 0.3) is 11.8 Å².